The summed E-state index contributed by atoms with van der Waals surface area (Å²) in [5.74, 6) is 0.946. The highest BCUT2D eigenvalue weighted by Gasteiger charge is 2.12. The van der Waals surface area contributed by atoms with Crippen molar-refractivity contribution in [2.24, 2.45) is 0 Å². The van der Waals surface area contributed by atoms with Crippen molar-refractivity contribution in [2.45, 2.75) is 18.9 Å². The van der Waals surface area contributed by atoms with Gasteiger partial charge in [-0.25, -0.2) is 4.98 Å². The number of anilines is 1. The Hall–Kier alpha value is -0.320. The van der Waals surface area contributed by atoms with Crippen molar-refractivity contribution >= 4 is 34.2 Å². The Morgan fingerprint density at radius 1 is 1.53 bits per heavy atom. The van der Waals surface area contributed by atoms with Gasteiger partial charge in [-0.3, -0.25) is 0 Å². The van der Waals surface area contributed by atoms with Gasteiger partial charge in [0.1, 0.15) is 5.82 Å². The molecule has 0 radical (unpaired) electrons. The zero-order valence-electron chi connectivity index (χ0n) is 8.37. The molecule has 1 aliphatic heterocycles. The SMILES string of the molecule is Brc1ccc(NCC2CCCN2)nc1.Cl. The van der Waals surface area contributed by atoms with Gasteiger partial charge in [0.25, 0.3) is 0 Å². The average molecular weight is 293 g/mol. The molecule has 0 aromatic carbocycles. The van der Waals surface area contributed by atoms with E-state index in [9.17, 15) is 0 Å². The summed E-state index contributed by atoms with van der Waals surface area (Å²) >= 11 is 3.36. The number of aromatic nitrogens is 1. The van der Waals surface area contributed by atoms with Gasteiger partial charge in [0.2, 0.25) is 0 Å². The number of rotatable bonds is 3. The third kappa shape index (κ3) is 3.97. The van der Waals surface area contributed by atoms with E-state index in [0.29, 0.717) is 6.04 Å². The number of nitrogens with one attached hydrogen (secondary N) is 2. The Morgan fingerprint density at radius 3 is 3.00 bits per heavy atom. The van der Waals surface area contributed by atoms with E-state index in [1.54, 1.807) is 0 Å². The van der Waals surface area contributed by atoms with Crippen molar-refractivity contribution in [2.75, 3.05) is 18.4 Å². The molecule has 1 atom stereocenters. The first kappa shape index (κ1) is 12.7. The van der Waals surface area contributed by atoms with Gasteiger partial charge in [-0.1, -0.05) is 0 Å². The molecule has 2 N–H and O–H groups in total. The van der Waals surface area contributed by atoms with Crippen LogP contribution in [0, 0.1) is 0 Å². The van der Waals surface area contributed by atoms with Crippen molar-refractivity contribution in [3.05, 3.63) is 22.8 Å². The highest BCUT2D eigenvalue weighted by molar-refractivity contribution is 9.10. The van der Waals surface area contributed by atoms with Crippen LogP contribution >= 0.6 is 28.3 Å². The van der Waals surface area contributed by atoms with E-state index in [0.717, 1.165) is 23.4 Å². The third-order valence-corrected chi connectivity index (χ3v) is 2.89. The molecule has 1 aromatic rings. The molecule has 0 amide bonds. The van der Waals surface area contributed by atoms with Crippen LogP contribution in [0.5, 0.6) is 0 Å². The van der Waals surface area contributed by atoms with E-state index in [-0.39, 0.29) is 12.4 Å². The van der Waals surface area contributed by atoms with Gasteiger partial charge in [-0.2, -0.15) is 0 Å². The summed E-state index contributed by atoms with van der Waals surface area (Å²) in [5, 5.41) is 6.76. The minimum absolute atomic E-state index is 0. The Morgan fingerprint density at radius 2 is 2.40 bits per heavy atom. The number of halogens is 2. The van der Waals surface area contributed by atoms with Crippen LogP contribution in [-0.4, -0.2) is 24.1 Å². The van der Waals surface area contributed by atoms with Crippen LogP contribution in [0.15, 0.2) is 22.8 Å². The van der Waals surface area contributed by atoms with E-state index in [4.69, 9.17) is 0 Å². The predicted octanol–water partition coefficient (Wildman–Crippen LogP) is 2.43. The number of nitrogens with zero attached hydrogens (tertiary/aromatic N) is 1. The lowest BCUT2D eigenvalue weighted by Gasteiger charge is -2.11. The van der Waals surface area contributed by atoms with Crippen molar-refractivity contribution in [3.8, 4) is 0 Å². The minimum atomic E-state index is 0. The van der Waals surface area contributed by atoms with Crippen LogP contribution in [0.2, 0.25) is 0 Å². The topological polar surface area (TPSA) is 37.0 Å². The van der Waals surface area contributed by atoms with Crippen molar-refractivity contribution in [1.29, 1.82) is 0 Å². The highest BCUT2D eigenvalue weighted by atomic mass is 79.9. The van der Waals surface area contributed by atoms with Gasteiger partial charge < -0.3 is 10.6 Å². The van der Waals surface area contributed by atoms with Crippen molar-refractivity contribution in [3.63, 3.8) is 0 Å². The Labute approximate surface area is 105 Å². The summed E-state index contributed by atoms with van der Waals surface area (Å²) in [6, 6.07) is 4.59. The normalized spacial score (nSPS) is 19.7. The Kier molecular flexibility index (Phi) is 5.36. The molecule has 1 saturated heterocycles. The van der Waals surface area contributed by atoms with Gasteiger partial charge in [0, 0.05) is 23.3 Å². The van der Waals surface area contributed by atoms with Crippen LogP contribution in [0.3, 0.4) is 0 Å². The fourth-order valence-electron chi connectivity index (χ4n) is 1.64. The van der Waals surface area contributed by atoms with E-state index in [1.807, 2.05) is 18.3 Å². The lowest BCUT2D eigenvalue weighted by atomic mass is 10.2. The number of hydrogen-bond acceptors (Lipinski definition) is 3. The summed E-state index contributed by atoms with van der Waals surface area (Å²) in [5.41, 5.74) is 0. The monoisotopic (exact) mass is 291 g/mol. The van der Waals surface area contributed by atoms with Crippen molar-refractivity contribution in [1.82, 2.24) is 10.3 Å². The molecule has 2 rings (SSSR count). The molecule has 1 unspecified atom stereocenters. The second kappa shape index (κ2) is 6.30. The van der Waals surface area contributed by atoms with E-state index in [2.05, 4.69) is 31.5 Å². The largest absolute Gasteiger partial charge is 0.369 e. The molecule has 1 aliphatic rings. The molecule has 3 nitrogen and oxygen atoms in total. The second-order valence-corrected chi connectivity index (χ2v) is 4.45. The van der Waals surface area contributed by atoms with Crippen LogP contribution in [-0.2, 0) is 0 Å². The van der Waals surface area contributed by atoms with E-state index >= 15 is 0 Å². The molecule has 2 heterocycles. The summed E-state index contributed by atoms with van der Waals surface area (Å²) in [6.07, 6.45) is 4.37. The standard InChI is InChI=1S/C10H14BrN3.ClH/c11-8-3-4-10(13-6-8)14-7-9-2-1-5-12-9;/h3-4,6,9,12H,1-2,5,7H2,(H,13,14);1H. The maximum atomic E-state index is 4.25. The zero-order valence-corrected chi connectivity index (χ0v) is 10.8. The Balaban J connectivity index is 0.00000112. The van der Waals surface area contributed by atoms with E-state index < -0.39 is 0 Å². The molecule has 1 fully saturated rings. The zero-order chi connectivity index (χ0) is 9.80. The molecule has 15 heavy (non-hydrogen) atoms. The maximum absolute atomic E-state index is 4.25. The summed E-state index contributed by atoms with van der Waals surface area (Å²) in [6.45, 7) is 2.12. The van der Waals surface area contributed by atoms with E-state index in [1.165, 1.54) is 12.8 Å². The van der Waals surface area contributed by atoms with Crippen LogP contribution in [0.1, 0.15) is 12.8 Å². The third-order valence-electron chi connectivity index (χ3n) is 2.42. The summed E-state index contributed by atoms with van der Waals surface area (Å²) in [4.78, 5) is 4.25. The van der Waals surface area contributed by atoms with Gasteiger partial charge in [-0.05, 0) is 47.4 Å². The molecule has 0 spiro atoms. The van der Waals surface area contributed by atoms with Crippen LogP contribution in [0.25, 0.3) is 0 Å². The minimum Gasteiger partial charge on any atom is -0.369 e. The Bertz CT molecular complexity index is 285. The molecule has 0 bridgehead atoms. The van der Waals surface area contributed by atoms with Crippen molar-refractivity contribution < 1.29 is 0 Å². The highest BCUT2D eigenvalue weighted by Crippen LogP contribution is 2.11. The summed E-state index contributed by atoms with van der Waals surface area (Å²) in [7, 11) is 0. The molecular formula is C10H15BrClN3. The first-order valence-electron chi connectivity index (χ1n) is 4.93. The second-order valence-electron chi connectivity index (χ2n) is 3.54. The van der Waals surface area contributed by atoms with Gasteiger partial charge >= 0.3 is 0 Å². The first-order valence-corrected chi connectivity index (χ1v) is 5.73. The average Bonchev–Trinajstić information content (AvgIpc) is 2.70. The molecule has 5 heteroatoms. The lowest BCUT2D eigenvalue weighted by molar-refractivity contribution is 0.632. The fourth-order valence-corrected chi connectivity index (χ4v) is 1.87. The van der Waals surface area contributed by atoms with Gasteiger partial charge in [0.05, 0.1) is 0 Å². The molecular weight excluding hydrogens is 277 g/mol. The quantitative estimate of drug-likeness (QED) is 0.898. The number of pyridine rings is 1. The van der Waals surface area contributed by atoms with Crippen LogP contribution in [0.4, 0.5) is 5.82 Å². The number of hydrogen-bond donors (Lipinski definition) is 2. The smallest absolute Gasteiger partial charge is 0.126 e. The lowest BCUT2D eigenvalue weighted by Crippen LogP contribution is -2.29. The predicted molar refractivity (Wildman–Crippen MR) is 68.7 cm³/mol. The van der Waals surface area contributed by atoms with Gasteiger partial charge in [0.15, 0.2) is 0 Å². The van der Waals surface area contributed by atoms with Crippen LogP contribution < -0.4 is 10.6 Å². The van der Waals surface area contributed by atoms with Gasteiger partial charge in [-0.15, -0.1) is 12.4 Å². The summed E-state index contributed by atoms with van der Waals surface area (Å²) < 4.78 is 1.02. The first-order chi connectivity index (χ1) is 6.84. The molecule has 0 aliphatic carbocycles. The fraction of sp³-hybridized carbons (Fsp3) is 0.500. The maximum Gasteiger partial charge on any atom is 0.126 e. The molecule has 84 valence electrons. The molecule has 0 saturated carbocycles. The molecule has 1 aromatic heterocycles.